The summed E-state index contributed by atoms with van der Waals surface area (Å²) in [5.74, 6) is -0.440. The molecule has 2 atom stereocenters. The van der Waals surface area contributed by atoms with E-state index < -0.39 is 11.8 Å². The minimum absolute atomic E-state index is 0.0189. The predicted molar refractivity (Wildman–Crippen MR) is 88.0 cm³/mol. The van der Waals surface area contributed by atoms with Gasteiger partial charge in [0.15, 0.2) is 11.8 Å². The Labute approximate surface area is 146 Å². The second kappa shape index (κ2) is 8.98. The molecule has 1 aromatic rings. The molecule has 0 unspecified atom stereocenters. The van der Waals surface area contributed by atoms with Crippen molar-refractivity contribution in [3.63, 3.8) is 0 Å². The zero-order valence-electron chi connectivity index (χ0n) is 14.3. The largest absolute Gasteiger partial charge is 0.463 e. The number of nitrogens with one attached hydrogen (secondary N) is 3. The van der Waals surface area contributed by atoms with Gasteiger partial charge in [0.25, 0.3) is 0 Å². The molecule has 3 rings (SSSR count). The van der Waals surface area contributed by atoms with Gasteiger partial charge >= 0.3 is 11.8 Å². The van der Waals surface area contributed by atoms with Crippen LogP contribution in [0.4, 0.5) is 0 Å². The van der Waals surface area contributed by atoms with E-state index in [9.17, 15) is 9.59 Å². The van der Waals surface area contributed by atoms with Gasteiger partial charge in [0.2, 0.25) is 0 Å². The van der Waals surface area contributed by atoms with Crippen LogP contribution >= 0.6 is 0 Å². The molecule has 0 saturated carbocycles. The van der Waals surface area contributed by atoms with Crippen LogP contribution < -0.4 is 15.5 Å². The molecule has 3 heterocycles. The molecule has 0 aliphatic carbocycles. The van der Waals surface area contributed by atoms with E-state index >= 15 is 0 Å². The maximum absolute atomic E-state index is 12.1. The summed E-state index contributed by atoms with van der Waals surface area (Å²) in [5, 5.41) is 5.37. The molecule has 2 aliphatic heterocycles. The Kier molecular flexibility index (Phi) is 6.43. The van der Waals surface area contributed by atoms with Crippen LogP contribution in [0.25, 0.3) is 0 Å². The van der Waals surface area contributed by atoms with Gasteiger partial charge in [-0.2, -0.15) is 0 Å². The summed E-state index contributed by atoms with van der Waals surface area (Å²) in [4.78, 5) is 25.3. The molecule has 2 saturated heterocycles. The first-order chi connectivity index (χ1) is 12.2. The van der Waals surface area contributed by atoms with Crippen molar-refractivity contribution in [2.75, 3.05) is 46.0 Å². The lowest BCUT2D eigenvalue weighted by atomic mass is 10.1. The molecule has 2 aliphatic rings. The Bertz CT molecular complexity index is 551. The van der Waals surface area contributed by atoms with E-state index in [-0.39, 0.29) is 12.1 Å². The first kappa shape index (κ1) is 17.9. The Hall–Kier alpha value is -1.90. The molecule has 0 aromatic carbocycles. The molecule has 1 aromatic heterocycles. The average Bonchev–Trinajstić information content (AvgIpc) is 3.34. The quantitative estimate of drug-likeness (QED) is 0.550. The Morgan fingerprint density at radius 1 is 1.20 bits per heavy atom. The SMILES string of the molecule is O=C(NC[C@H]1CCCO1)C(=O)NC[C@@H](c1ccco1)[NH+]1CCOCC1. The van der Waals surface area contributed by atoms with Gasteiger partial charge < -0.3 is 29.4 Å². The molecule has 0 spiro atoms. The fraction of sp³-hybridized carbons (Fsp3) is 0.647. The molecular formula is C17H26N3O5+. The third-order valence-electron chi connectivity index (χ3n) is 4.70. The van der Waals surface area contributed by atoms with Crippen LogP contribution in [0.2, 0.25) is 0 Å². The van der Waals surface area contributed by atoms with Crippen LogP contribution in [0.1, 0.15) is 24.6 Å². The highest BCUT2D eigenvalue weighted by Crippen LogP contribution is 2.11. The normalized spacial score (nSPS) is 22.5. The number of carbonyl (C=O) groups is 2. The second-order valence-corrected chi connectivity index (χ2v) is 6.39. The number of furan rings is 1. The van der Waals surface area contributed by atoms with Gasteiger partial charge in [-0.3, -0.25) is 9.59 Å². The number of hydrogen-bond donors (Lipinski definition) is 3. The van der Waals surface area contributed by atoms with E-state index in [1.165, 1.54) is 4.90 Å². The van der Waals surface area contributed by atoms with Gasteiger partial charge in [-0.05, 0) is 25.0 Å². The molecule has 138 valence electrons. The summed E-state index contributed by atoms with van der Waals surface area (Å²) in [6.07, 6.45) is 3.56. The van der Waals surface area contributed by atoms with Gasteiger partial charge in [-0.15, -0.1) is 0 Å². The standard InChI is InChI=1S/C17H25N3O5/c21-16(18-11-13-3-1-7-24-13)17(22)19-12-14(15-4-2-8-25-15)20-5-9-23-10-6-20/h2,4,8,13-14H,1,3,5-7,9-12H2,(H,18,21)(H,19,22)/p+1/t13-,14+/m1/s1. The Balaban J connectivity index is 1.49. The number of rotatable bonds is 6. The molecule has 2 amide bonds. The first-order valence-corrected chi connectivity index (χ1v) is 8.87. The lowest BCUT2D eigenvalue weighted by Crippen LogP contribution is -3.15. The monoisotopic (exact) mass is 352 g/mol. The van der Waals surface area contributed by atoms with Crippen molar-refractivity contribution in [3.05, 3.63) is 24.2 Å². The molecule has 3 N–H and O–H groups in total. The number of carbonyl (C=O) groups excluding carboxylic acids is 2. The van der Waals surface area contributed by atoms with Gasteiger partial charge in [-0.1, -0.05) is 0 Å². The fourth-order valence-electron chi connectivity index (χ4n) is 3.28. The van der Waals surface area contributed by atoms with Gasteiger partial charge in [-0.25, -0.2) is 0 Å². The zero-order chi connectivity index (χ0) is 17.5. The first-order valence-electron chi connectivity index (χ1n) is 8.87. The van der Waals surface area contributed by atoms with Crippen LogP contribution in [-0.2, 0) is 19.1 Å². The summed E-state index contributed by atoms with van der Waals surface area (Å²) in [7, 11) is 0. The molecule has 25 heavy (non-hydrogen) atoms. The smallest absolute Gasteiger partial charge is 0.309 e. The maximum Gasteiger partial charge on any atom is 0.309 e. The van der Waals surface area contributed by atoms with E-state index in [0.29, 0.717) is 26.3 Å². The van der Waals surface area contributed by atoms with E-state index in [1.54, 1.807) is 6.26 Å². The van der Waals surface area contributed by atoms with Crippen LogP contribution in [-0.4, -0.2) is 63.9 Å². The topological polar surface area (TPSA) is 94.2 Å². The van der Waals surface area contributed by atoms with Gasteiger partial charge in [0.1, 0.15) is 13.1 Å². The maximum atomic E-state index is 12.1. The van der Waals surface area contributed by atoms with E-state index in [2.05, 4.69) is 10.6 Å². The van der Waals surface area contributed by atoms with Crippen LogP contribution in [0.15, 0.2) is 22.8 Å². The summed E-state index contributed by atoms with van der Waals surface area (Å²) < 4.78 is 16.4. The Morgan fingerprint density at radius 3 is 2.68 bits per heavy atom. The highest BCUT2D eigenvalue weighted by Gasteiger charge is 2.29. The highest BCUT2D eigenvalue weighted by molar-refractivity contribution is 6.35. The predicted octanol–water partition coefficient (Wildman–Crippen LogP) is -1.35. The number of amides is 2. The van der Waals surface area contributed by atoms with Crippen LogP contribution in [0.5, 0.6) is 0 Å². The molecule has 2 fully saturated rings. The molecule has 8 nitrogen and oxygen atoms in total. The third kappa shape index (κ3) is 5.04. The second-order valence-electron chi connectivity index (χ2n) is 6.39. The lowest BCUT2D eigenvalue weighted by Gasteiger charge is -2.30. The Morgan fingerprint density at radius 2 is 2.00 bits per heavy atom. The number of hydrogen-bond acceptors (Lipinski definition) is 5. The fourth-order valence-corrected chi connectivity index (χ4v) is 3.28. The van der Waals surface area contributed by atoms with Crippen molar-refractivity contribution in [1.82, 2.24) is 10.6 Å². The van der Waals surface area contributed by atoms with E-state index in [4.69, 9.17) is 13.9 Å². The van der Waals surface area contributed by atoms with Crippen molar-refractivity contribution in [2.45, 2.75) is 25.0 Å². The minimum Gasteiger partial charge on any atom is -0.463 e. The number of morpholine rings is 1. The zero-order valence-corrected chi connectivity index (χ0v) is 14.3. The van der Waals surface area contributed by atoms with E-state index in [0.717, 1.165) is 38.3 Å². The van der Waals surface area contributed by atoms with Gasteiger partial charge in [0.05, 0.1) is 32.1 Å². The summed E-state index contributed by atoms with van der Waals surface area (Å²) in [5.41, 5.74) is 0. The van der Waals surface area contributed by atoms with Crippen LogP contribution in [0, 0.1) is 0 Å². The summed E-state index contributed by atoms with van der Waals surface area (Å²) >= 11 is 0. The highest BCUT2D eigenvalue weighted by atomic mass is 16.5. The minimum atomic E-state index is -0.623. The van der Waals surface area contributed by atoms with Gasteiger partial charge in [0, 0.05) is 13.2 Å². The molecule has 8 heteroatoms. The third-order valence-corrected chi connectivity index (χ3v) is 4.70. The number of quaternary nitrogens is 1. The van der Waals surface area contributed by atoms with Crippen molar-refractivity contribution in [1.29, 1.82) is 0 Å². The van der Waals surface area contributed by atoms with Crippen molar-refractivity contribution in [2.24, 2.45) is 0 Å². The molecule has 0 bridgehead atoms. The van der Waals surface area contributed by atoms with Crippen molar-refractivity contribution in [3.8, 4) is 0 Å². The summed E-state index contributed by atoms with van der Waals surface area (Å²) in [6.45, 7) is 4.49. The van der Waals surface area contributed by atoms with Crippen molar-refractivity contribution < 1.29 is 28.4 Å². The lowest BCUT2D eigenvalue weighted by molar-refractivity contribution is -0.938. The van der Waals surface area contributed by atoms with Crippen molar-refractivity contribution >= 4 is 11.8 Å². The molecule has 0 radical (unpaired) electrons. The number of ether oxygens (including phenoxy) is 2. The molecular weight excluding hydrogens is 326 g/mol. The van der Waals surface area contributed by atoms with Crippen LogP contribution in [0.3, 0.4) is 0 Å². The summed E-state index contributed by atoms with van der Waals surface area (Å²) in [6, 6.07) is 3.70. The average molecular weight is 352 g/mol. The van der Waals surface area contributed by atoms with E-state index in [1.807, 2.05) is 12.1 Å².